The number of hydrogen-bond donors (Lipinski definition) is 1. The predicted octanol–water partition coefficient (Wildman–Crippen LogP) is 2.16. The van der Waals surface area contributed by atoms with Crippen molar-refractivity contribution in [3.8, 4) is 0 Å². The van der Waals surface area contributed by atoms with Gasteiger partial charge in [-0.2, -0.15) is 0 Å². The Morgan fingerprint density at radius 3 is 2.73 bits per heavy atom. The second-order valence-corrected chi connectivity index (χ2v) is 7.29. The summed E-state index contributed by atoms with van der Waals surface area (Å²) in [6, 6.07) is 8.00. The highest BCUT2D eigenvalue weighted by molar-refractivity contribution is 6.22. The van der Waals surface area contributed by atoms with Gasteiger partial charge in [-0.15, -0.1) is 11.6 Å². The van der Waals surface area contributed by atoms with E-state index >= 15 is 0 Å². The summed E-state index contributed by atoms with van der Waals surface area (Å²) in [7, 11) is 0. The van der Waals surface area contributed by atoms with Crippen molar-refractivity contribution in [1.82, 2.24) is 15.3 Å². The van der Waals surface area contributed by atoms with Crippen LogP contribution in [0.5, 0.6) is 0 Å². The molecule has 5 heteroatoms. The van der Waals surface area contributed by atoms with Crippen LogP contribution in [-0.2, 0) is 11.2 Å². The number of carbonyl (C=O) groups is 1. The lowest BCUT2D eigenvalue weighted by atomic mass is 10.1. The molecule has 1 aromatic heterocycles. The molecule has 1 heterocycles. The largest absolute Gasteiger partial charge is 0.352 e. The van der Waals surface area contributed by atoms with Gasteiger partial charge < -0.3 is 5.32 Å². The van der Waals surface area contributed by atoms with Gasteiger partial charge in [-0.05, 0) is 42.2 Å². The zero-order valence-corrected chi connectivity index (χ0v) is 12.7. The standard InChI is InChI=1S/C17H16ClN3O/c18-16-10-6-9-14(16)15(9)17(10)21-13(22)5-8-7-19-11-3-1-2-4-12(11)20-8/h1-4,7,9-10,14-17H,5-6H2,(H,21,22). The van der Waals surface area contributed by atoms with Crippen LogP contribution in [-0.4, -0.2) is 27.3 Å². The van der Waals surface area contributed by atoms with E-state index < -0.39 is 0 Å². The highest BCUT2D eigenvalue weighted by Gasteiger charge is 2.73. The summed E-state index contributed by atoms with van der Waals surface area (Å²) in [4.78, 5) is 21.2. The number of benzene rings is 1. The van der Waals surface area contributed by atoms with E-state index in [1.807, 2.05) is 24.3 Å². The number of nitrogens with one attached hydrogen (secondary N) is 1. The van der Waals surface area contributed by atoms with Crippen molar-refractivity contribution in [3.63, 3.8) is 0 Å². The van der Waals surface area contributed by atoms with Crippen LogP contribution in [0.25, 0.3) is 11.0 Å². The Bertz CT molecular complexity index is 779. The molecular formula is C17H16ClN3O. The van der Waals surface area contributed by atoms with Crippen LogP contribution in [0.3, 0.4) is 0 Å². The van der Waals surface area contributed by atoms with Gasteiger partial charge in [-0.3, -0.25) is 9.78 Å². The molecule has 4 fully saturated rings. The molecule has 2 aromatic rings. The van der Waals surface area contributed by atoms with Gasteiger partial charge in [-0.1, -0.05) is 12.1 Å². The molecule has 6 unspecified atom stereocenters. The van der Waals surface area contributed by atoms with Gasteiger partial charge in [0.25, 0.3) is 0 Å². The van der Waals surface area contributed by atoms with E-state index in [0.717, 1.165) is 22.6 Å². The molecule has 1 amide bonds. The number of alkyl halides is 1. The van der Waals surface area contributed by atoms with Crippen molar-refractivity contribution in [2.45, 2.75) is 24.3 Å². The van der Waals surface area contributed by atoms with Gasteiger partial charge in [0, 0.05) is 17.6 Å². The van der Waals surface area contributed by atoms with Crippen molar-refractivity contribution in [1.29, 1.82) is 0 Å². The number of nitrogens with zero attached hydrogens (tertiary/aromatic N) is 2. The van der Waals surface area contributed by atoms with Crippen molar-refractivity contribution < 1.29 is 4.79 Å². The first-order valence-electron chi connectivity index (χ1n) is 7.86. The first-order valence-corrected chi connectivity index (χ1v) is 8.30. The van der Waals surface area contributed by atoms with E-state index in [9.17, 15) is 4.79 Å². The molecule has 4 saturated carbocycles. The number of halogens is 1. The second kappa shape index (κ2) is 4.42. The summed E-state index contributed by atoms with van der Waals surface area (Å²) in [6.07, 6.45) is 3.18. The quantitative estimate of drug-likeness (QED) is 0.884. The third-order valence-corrected chi connectivity index (χ3v) is 6.27. The molecular weight excluding hydrogens is 298 g/mol. The van der Waals surface area contributed by atoms with Crippen LogP contribution in [0.2, 0.25) is 0 Å². The maximum Gasteiger partial charge on any atom is 0.226 e. The molecule has 1 aromatic carbocycles. The fourth-order valence-corrected chi connectivity index (χ4v) is 5.36. The average Bonchev–Trinajstić information content (AvgIpc) is 2.84. The third kappa shape index (κ3) is 1.73. The van der Waals surface area contributed by atoms with Crippen molar-refractivity contribution in [2.24, 2.45) is 23.7 Å². The predicted molar refractivity (Wildman–Crippen MR) is 83.4 cm³/mol. The van der Waals surface area contributed by atoms with Crippen LogP contribution in [0.1, 0.15) is 12.1 Å². The Labute approximate surface area is 133 Å². The van der Waals surface area contributed by atoms with E-state index in [4.69, 9.17) is 11.6 Å². The Kier molecular flexibility index (Phi) is 2.57. The summed E-state index contributed by atoms with van der Waals surface area (Å²) in [5.41, 5.74) is 2.41. The SMILES string of the molecule is O=C(Cc1cnc2ccccc2n1)NC1C2CC3C(C2Cl)C31. The summed E-state index contributed by atoms with van der Waals surface area (Å²) in [5.74, 6) is 2.60. The Morgan fingerprint density at radius 1 is 1.23 bits per heavy atom. The van der Waals surface area contributed by atoms with E-state index in [0.29, 0.717) is 23.8 Å². The number of carbonyl (C=O) groups excluding carboxylic acids is 1. The number of fused-ring (bicyclic) bond motifs is 1. The lowest BCUT2D eigenvalue weighted by Crippen LogP contribution is -2.39. The summed E-state index contributed by atoms with van der Waals surface area (Å²) in [5, 5.41) is 3.48. The molecule has 4 bridgehead atoms. The van der Waals surface area contributed by atoms with Crippen LogP contribution >= 0.6 is 11.6 Å². The Balaban J connectivity index is 1.30. The van der Waals surface area contributed by atoms with Crippen molar-refractivity contribution in [3.05, 3.63) is 36.2 Å². The Hall–Kier alpha value is -1.68. The molecule has 112 valence electrons. The van der Waals surface area contributed by atoms with E-state index in [-0.39, 0.29) is 17.7 Å². The molecule has 0 aliphatic heterocycles. The van der Waals surface area contributed by atoms with Crippen LogP contribution in [0, 0.1) is 23.7 Å². The highest BCUT2D eigenvalue weighted by Crippen LogP contribution is 2.71. The second-order valence-electron chi connectivity index (χ2n) is 6.78. The average molecular weight is 314 g/mol. The molecule has 4 aliphatic carbocycles. The molecule has 6 rings (SSSR count). The lowest BCUT2D eigenvalue weighted by molar-refractivity contribution is -0.121. The molecule has 1 N–H and O–H groups in total. The summed E-state index contributed by atoms with van der Waals surface area (Å²) in [6.45, 7) is 0. The van der Waals surface area contributed by atoms with Crippen LogP contribution in [0.15, 0.2) is 30.5 Å². The topological polar surface area (TPSA) is 54.9 Å². The molecule has 0 spiro atoms. The van der Waals surface area contributed by atoms with Gasteiger partial charge in [-0.25, -0.2) is 4.98 Å². The first-order chi connectivity index (χ1) is 10.7. The first kappa shape index (κ1) is 12.8. The van der Waals surface area contributed by atoms with Gasteiger partial charge in [0.1, 0.15) is 0 Å². The normalized spacial score (nSPS) is 37.5. The Morgan fingerprint density at radius 2 is 2.05 bits per heavy atom. The van der Waals surface area contributed by atoms with Gasteiger partial charge >= 0.3 is 0 Å². The van der Waals surface area contributed by atoms with Crippen molar-refractivity contribution in [2.75, 3.05) is 0 Å². The smallest absolute Gasteiger partial charge is 0.226 e. The minimum Gasteiger partial charge on any atom is -0.352 e. The highest BCUT2D eigenvalue weighted by atomic mass is 35.5. The van der Waals surface area contributed by atoms with Gasteiger partial charge in [0.2, 0.25) is 5.91 Å². The number of amides is 1. The monoisotopic (exact) mass is 313 g/mol. The van der Waals surface area contributed by atoms with Crippen LogP contribution < -0.4 is 5.32 Å². The van der Waals surface area contributed by atoms with E-state index in [2.05, 4.69) is 15.3 Å². The molecule has 22 heavy (non-hydrogen) atoms. The van der Waals surface area contributed by atoms with E-state index in [1.165, 1.54) is 6.42 Å². The molecule has 0 saturated heterocycles. The molecule has 6 atom stereocenters. The van der Waals surface area contributed by atoms with Gasteiger partial charge in [0.15, 0.2) is 0 Å². The maximum absolute atomic E-state index is 12.3. The minimum atomic E-state index is 0.0386. The summed E-state index contributed by atoms with van der Waals surface area (Å²) >= 11 is 6.43. The number of rotatable bonds is 3. The zero-order chi connectivity index (χ0) is 14.8. The molecule has 4 aliphatic rings. The number of aromatic nitrogens is 2. The fourth-order valence-electron chi connectivity index (χ4n) is 4.74. The number of hydrogen-bond acceptors (Lipinski definition) is 3. The number of para-hydroxylation sites is 2. The maximum atomic E-state index is 12.3. The van der Waals surface area contributed by atoms with Gasteiger partial charge in [0.05, 0.1) is 23.1 Å². The fraction of sp³-hybridized carbons (Fsp3) is 0.471. The van der Waals surface area contributed by atoms with Crippen molar-refractivity contribution >= 4 is 28.5 Å². The van der Waals surface area contributed by atoms with Crippen LogP contribution in [0.4, 0.5) is 0 Å². The van der Waals surface area contributed by atoms with E-state index in [1.54, 1.807) is 6.20 Å². The minimum absolute atomic E-state index is 0.0386. The lowest BCUT2D eigenvalue weighted by Gasteiger charge is -2.18. The molecule has 4 nitrogen and oxygen atoms in total. The zero-order valence-electron chi connectivity index (χ0n) is 11.9. The molecule has 0 radical (unpaired) electrons. The summed E-state index contributed by atoms with van der Waals surface area (Å²) < 4.78 is 0. The third-order valence-electron chi connectivity index (χ3n) is 5.66.